The summed E-state index contributed by atoms with van der Waals surface area (Å²) in [5.41, 5.74) is 1.22. The van der Waals surface area contributed by atoms with Crippen LogP contribution in [0.5, 0.6) is 11.5 Å². The molecule has 0 aliphatic rings. The van der Waals surface area contributed by atoms with Gasteiger partial charge in [-0.1, -0.05) is 21.6 Å². The van der Waals surface area contributed by atoms with Crippen molar-refractivity contribution in [1.82, 2.24) is 10.6 Å². The smallest absolute Gasteiger partial charge is 0.251 e. The molecule has 0 spiro atoms. The lowest BCUT2D eigenvalue weighted by Gasteiger charge is -2.07. The van der Waals surface area contributed by atoms with Gasteiger partial charge in [-0.05, 0) is 48.5 Å². The van der Waals surface area contributed by atoms with E-state index in [1.165, 1.54) is 0 Å². The van der Waals surface area contributed by atoms with E-state index in [2.05, 4.69) is 10.6 Å². The Morgan fingerprint density at radius 3 is 1.39 bits per heavy atom. The van der Waals surface area contributed by atoms with E-state index < -0.39 is 0 Å². The molecule has 0 aliphatic heterocycles. The molecule has 2 N–H and O–H groups in total. The number of rotatable bonds is 11. The maximum Gasteiger partial charge on any atom is 0.251 e. The molecule has 0 bridgehead atoms. The van der Waals surface area contributed by atoms with Gasteiger partial charge in [0.1, 0.15) is 11.5 Å². The van der Waals surface area contributed by atoms with Gasteiger partial charge in [0.2, 0.25) is 0 Å². The van der Waals surface area contributed by atoms with Crippen LogP contribution in [-0.2, 0) is 0 Å². The molecule has 0 saturated carbocycles. The average Bonchev–Trinajstić information content (AvgIpc) is 2.75. The number of carbonyl (C=O) groups is 2. The highest BCUT2D eigenvalue weighted by molar-refractivity contribution is 8.76. The zero-order valence-corrected chi connectivity index (χ0v) is 17.5. The fourth-order valence-corrected chi connectivity index (χ4v) is 4.03. The average molecular weight is 421 g/mol. The van der Waals surface area contributed by atoms with Crippen LogP contribution in [0.1, 0.15) is 20.7 Å². The van der Waals surface area contributed by atoms with Gasteiger partial charge >= 0.3 is 0 Å². The first-order valence-electron chi connectivity index (χ1n) is 8.73. The molecule has 0 aliphatic carbocycles. The number of hydrogen-bond donors (Lipinski definition) is 2. The summed E-state index contributed by atoms with van der Waals surface area (Å²) in [6.45, 7) is 1.17. The van der Waals surface area contributed by atoms with E-state index in [1.54, 1.807) is 84.3 Å². The zero-order valence-electron chi connectivity index (χ0n) is 15.9. The molecule has 28 heavy (non-hydrogen) atoms. The lowest BCUT2D eigenvalue weighted by atomic mass is 10.2. The highest BCUT2D eigenvalue weighted by Gasteiger charge is 2.06. The summed E-state index contributed by atoms with van der Waals surface area (Å²) in [5, 5.41) is 5.76. The maximum absolute atomic E-state index is 12.0. The van der Waals surface area contributed by atoms with E-state index in [0.717, 1.165) is 23.0 Å². The second kappa shape index (κ2) is 12.2. The van der Waals surface area contributed by atoms with Crippen molar-refractivity contribution in [3.05, 3.63) is 59.7 Å². The summed E-state index contributed by atoms with van der Waals surface area (Å²) in [4.78, 5) is 24.0. The summed E-state index contributed by atoms with van der Waals surface area (Å²) in [5.74, 6) is 2.84. The van der Waals surface area contributed by atoms with Crippen LogP contribution in [-0.4, -0.2) is 50.6 Å². The lowest BCUT2D eigenvalue weighted by molar-refractivity contribution is 0.0948. The Hall–Kier alpha value is -2.32. The Kier molecular flexibility index (Phi) is 9.57. The Balaban J connectivity index is 1.53. The second-order valence-corrected chi connectivity index (χ2v) is 8.31. The third-order valence-corrected chi connectivity index (χ3v) is 6.14. The predicted molar refractivity (Wildman–Crippen MR) is 116 cm³/mol. The highest BCUT2D eigenvalue weighted by Crippen LogP contribution is 2.19. The van der Waals surface area contributed by atoms with Crippen molar-refractivity contribution in [1.29, 1.82) is 0 Å². The molecule has 0 radical (unpaired) electrons. The molecule has 0 fully saturated rings. The van der Waals surface area contributed by atoms with Crippen LogP contribution >= 0.6 is 21.6 Å². The number of hydrogen-bond acceptors (Lipinski definition) is 6. The summed E-state index contributed by atoms with van der Waals surface area (Å²) in [6, 6.07) is 14.0. The number of nitrogens with one attached hydrogen (secondary N) is 2. The fourth-order valence-electron chi connectivity index (χ4n) is 2.22. The van der Waals surface area contributed by atoms with E-state index in [4.69, 9.17) is 9.47 Å². The first-order valence-corrected chi connectivity index (χ1v) is 11.2. The van der Waals surface area contributed by atoms with Gasteiger partial charge in [-0.15, -0.1) is 0 Å². The standard InChI is InChI=1S/C20H24N2O4S2/c1-25-17-7-3-15(4-8-17)19(23)21-11-13-27-28-14-12-22-20(24)16-5-9-18(26-2)10-6-16/h3-10H,11-14H2,1-2H3,(H,21,23)(H,22,24). The number of ether oxygens (including phenoxy) is 2. The van der Waals surface area contributed by atoms with Crippen molar-refractivity contribution < 1.29 is 19.1 Å². The van der Waals surface area contributed by atoms with Gasteiger partial charge in [0.25, 0.3) is 11.8 Å². The zero-order chi connectivity index (χ0) is 20.2. The van der Waals surface area contributed by atoms with E-state index in [9.17, 15) is 9.59 Å². The van der Waals surface area contributed by atoms with Gasteiger partial charge < -0.3 is 20.1 Å². The minimum atomic E-state index is -0.0972. The van der Waals surface area contributed by atoms with Gasteiger partial charge in [-0.3, -0.25) is 9.59 Å². The molecular weight excluding hydrogens is 396 g/mol. The van der Waals surface area contributed by atoms with Crippen LogP contribution < -0.4 is 20.1 Å². The minimum absolute atomic E-state index is 0.0972. The largest absolute Gasteiger partial charge is 0.497 e. The molecule has 2 aromatic rings. The fraction of sp³-hybridized carbons (Fsp3) is 0.300. The third-order valence-electron chi connectivity index (χ3n) is 3.73. The maximum atomic E-state index is 12.0. The minimum Gasteiger partial charge on any atom is -0.497 e. The Bertz CT molecular complexity index is 686. The Morgan fingerprint density at radius 1 is 0.714 bits per heavy atom. The number of methoxy groups -OCH3 is 2. The van der Waals surface area contributed by atoms with Crippen LogP contribution in [0, 0.1) is 0 Å². The Labute approximate surface area is 173 Å². The Morgan fingerprint density at radius 2 is 1.07 bits per heavy atom. The van der Waals surface area contributed by atoms with Gasteiger partial charge in [0, 0.05) is 35.7 Å². The first kappa shape index (κ1) is 22.0. The molecular formula is C20H24N2O4S2. The van der Waals surface area contributed by atoms with E-state index in [0.29, 0.717) is 24.2 Å². The van der Waals surface area contributed by atoms with Crippen molar-refractivity contribution in [2.24, 2.45) is 0 Å². The molecule has 0 unspecified atom stereocenters. The molecule has 150 valence electrons. The summed E-state index contributed by atoms with van der Waals surface area (Å²) >= 11 is 0. The molecule has 2 aromatic carbocycles. The second-order valence-electron chi connectivity index (χ2n) is 5.61. The number of carbonyl (C=O) groups excluding carboxylic acids is 2. The molecule has 0 saturated heterocycles. The van der Waals surface area contributed by atoms with Crippen molar-refractivity contribution in [2.45, 2.75) is 0 Å². The van der Waals surface area contributed by atoms with Crippen molar-refractivity contribution in [2.75, 3.05) is 38.8 Å². The van der Waals surface area contributed by atoms with Crippen LogP contribution in [0.15, 0.2) is 48.5 Å². The quantitative estimate of drug-likeness (QED) is 0.429. The summed E-state index contributed by atoms with van der Waals surface area (Å²) in [6.07, 6.45) is 0. The van der Waals surface area contributed by atoms with E-state index in [-0.39, 0.29) is 11.8 Å². The lowest BCUT2D eigenvalue weighted by Crippen LogP contribution is -2.26. The van der Waals surface area contributed by atoms with Gasteiger partial charge in [-0.2, -0.15) is 0 Å². The molecule has 2 rings (SSSR count). The van der Waals surface area contributed by atoms with Crippen LogP contribution in [0.25, 0.3) is 0 Å². The molecule has 0 heterocycles. The molecule has 0 atom stereocenters. The van der Waals surface area contributed by atoms with Crippen molar-refractivity contribution in [3.63, 3.8) is 0 Å². The van der Waals surface area contributed by atoms with Crippen LogP contribution in [0.3, 0.4) is 0 Å². The molecule has 2 amide bonds. The van der Waals surface area contributed by atoms with Crippen LogP contribution in [0.4, 0.5) is 0 Å². The third kappa shape index (κ3) is 7.36. The van der Waals surface area contributed by atoms with Gasteiger partial charge in [0.15, 0.2) is 0 Å². The van der Waals surface area contributed by atoms with Gasteiger partial charge in [0.05, 0.1) is 14.2 Å². The van der Waals surface area contributed by atoms with Crippen LogP contribution in [0.2, 0.25) is 0 Å². The van der Waals surface area contributed by atoms with Gasteiger partial charge in [-0.25, -0.2) is 0 Å². The molecule has 0 aromatic heterocycles. The first-order chi connectivity index (χ1) is 13.6. The summed E-state index contributed by atoms with van der Waals surface area (Å²) < 4.78 is 10.1. The van der Waals surface area contributed by atoms with E-state index >= 15 is 0 Å². The molecule has 6 nitrogen and oxygen atoms in total. The number of amides is 2. The SMILES string of the molecule is COc1ccc(C(=O)NCCSSCCNC(=O)c2ccc(OC)cc2)cc1. The van der Waals surface area contributed by atoms with Crippen molar-refractivity contribution in [3.8, 4) is 11.5 Å². The topological polar surface area (TPSA) is 76.7 Å². The number of benzene rings is 2. The van der Waals surface area contributed by atoms with E-state index in [1.807, 2.05) is 0 Å². The van der Waals surface area contributed by atoms with Crippen molar-refractivity contribution >= 4 is 33.4 Å². The highest BCUT2D eigenvalue weighted by atomic mass is 33.1. The molecule has 8 heteroatoms. The predicted octanol–water partition coefficient (Wildman–Crippen LogP) is 3.25. The summed E-state index contributed by atoms with van der Waals surface area (Å²) in [7, 11) is 6.51. The monoisotopic (exact) mass is 420 g/mol. The normalized spacial score (nSPS) is 10.2.